The maximum absolute atomic E-state index is 12.3. The van der Waals surface area contributed by atoms with E-state index in [0.29, 0.717) is 19.4 Å². The van der Waals surface area contributed by atoms with Crippen molar-refractivity contribution in [2.24, 2.45) is 0 Å². The highest BCUT2D eigenvalue weighted by Gasteiger charge is 2.35. The normalized spacial score (nSPS) is 16.8. The first-order valence-corrected chi connectivity index (χ1v) is 8.18. The first-order valence-electron chi connectivity index (χ1n) is 8.18. The van der Waals surface area contributed by atoms with E-state index in [9.17, 15) is 9.59 Å². The van der Waals surface area contributed by atoms with Crippen molar-refractivity contribution >= 4 is 12.5 Å². The van der Waals surface area contributed by atoms with Gasteiger partial charge in [0, 0.05) is 6.54 Å². The standard InChI is InChI=1S/C18H25NO3/c1-2-18(12-7-4-8-13-18)22-17(21)19(15-20)14-11-16-9-5-3-6-10-16/h3,5-6,9-10,15H,2,4,7-8,11-14H2,1H3. The number of ether oxygens (including phenoxy) is 1. The maximum atomic E-state index is 12.3. The summed E-state index contributed by atoms with van der Waals surface area (Å²) in [4.78, 5) is 24.7. The van der Waals surface area contributed by atoms with E-state index in [2.05, 4.69) is 0 Å². The van der Waals surface area contributed by atoms with Crippen molar-refractivity contribution in [1.29, 1.82) is 0 Å². The van der Waals surface area contributed by atoms with Crippen LogP contribution in [0.3, 0.4) is 0 Å². The second kappa shape index (κ2) is 7.97. The van der Waals surface area contributed by atoms with Gasteiger partial charge in [0.05, 0.1) is 0 Å². The van der Waals surface area contributed by atoms with E-state index in [4.69, 9.17) is 4.74 Å². The molecule has 1 fully saturated rings. The van der Waals surface area contributed by atoms with Crippen LogP contribution in [-0.4, -0.2) is 29.5 Å². The lowest BCUT2D eigenvalue weighted by Crippen LogP contribution is -2.42. The number of rotatable bonds is 6. The van der Waals surface area contributed by atoms with Gasteiger partial charge in [-0.15, -0.1) is 0 Å². The highest BCUT2D eigenvalue weighted by molar-refractivity contribution is 5.80. The van der Waals surface area contributed by atoms with Gasteiger partial charge in [0.15, 0.2) is 0 Å². The highest BCUT2D eigenvalue weighted by Crippen LogP contribution is 2.34. The number of carbonyl (C=O) groups excluding carboxylic acids is 2. The number of benzene rings is 1. The van der Waals surface area contributed by atoms with Gasteiger partial charge < -0.3 is 4.74 Å². The summed E-state index contributed by atoms with van der Waals surface area (Å²) < 4.78 is 5.73. The van der Waals surface area contributed by atoms with Crippen molar-refractivity contribution in [1.82, 2.24) is 4.90 Å². The lowest BCUT2D eigenvalue weighted by atomic mass is 9.83. The summed E-state index contributed by atoms with van der Waals surface area (Å²) in [6.07, 6.45) is 6.72. The molecule has 120 valence electrons. The molecule has 1 aliphatic carbocycles. The Labute approximate surface area is 132 Å². The molecule has 1 saturated carbocycles. The smallest absolute Gasteiger partial charge is 0.416 e. The van der Waals surface area contributed by atoms with E-state index in [0.717, 1.165) is 42.6 Å². The van der Waals surface area contributed by atoms with Crippen molar-refractivity contribution in [2.45, 2.75) is 57.5 Å². The SMILES string of the molecule is CCC1(OC(=O)N(C=O)CCc2ccccc2)CCCCC1. The Morgan fingerprint density at radius 3 is 2.50 bits per heavy atom. The zero-order valence-corrected chi connectivity index (χ0v) is 13.3. The maximum Gasteiger partial charge on any atom is 0.416 e. The summed E-state index contributed by atoms with van der Waals surface area (Å²) in [7, 11) is 0. The monoisotopic (exact) mass is 303 g/mol. The predicted octanol–water partition coefficient (Wildman–Crippen LogP) is 3.94. The molecule has 0 radical (unpaired) electrons. The molecule has 0 heterocycles. The van der Waals surface area contributed by atoms with Crippen LogP contribution in [0.4, 0.5) is 4.79 Å². The minimum atomic E-state index is -0.505. The Balaban J connectivity index is 1.92. The largest absolute Gasteiger partial charge is 0.443 e. The average molecular weight is 303 g/mol. The van der Waals surface area contributed by atoms with Gasteiger partial charge in [0.1, 0.15) is 5.60 Å². The lowest BCUT2D eigenvalue weighted by Gasteiger charge is -2.36. The second-order valence-corrected chi connectivity index (χ2v) is 6.00. The molecular weight excluding hydrogens is 278 g/mol. The first-order chi connectivity index (χ1) is 10.7. The van der Waals surface area contributed by atoms with Gasteiger partial charge in [-0.2, -0.15) is 0 Å². The molecule has 4 heteroatoms. The number of imide groups is 1. The molecule has 0 unspecified atom stereocenters. The Morgan fingerprint density at radius 1 is 1.23 bits per heavy atom. The molecular formula is C18H25NO3. The minimum Gasteiger partial charge on any atom is -0.443 e. The quantitative estimate of drug-likeness (QED) is 0.748. The molecule has 4 nitrogen and oxygen atoms in total. The van der Waals surface area contributed by atoms with Crippen molar-refractivity contribution in [3.8, 4) is 0 Å². The summed E-state index contributed by atoms with van der Waals surface area (Å²) in [6, 6.07) is 9.83. The van der Waals surface area contributed by atoms with E-state index in [-0.39, 0.29) is 5.60 Å². The molecule has 0 saturated heterocycles. The third kappa shape index (κ3) is 4.33. The van der Waals surface area contributed by atoms with Crippen molar-refractivity contribution < 1.29 is 14.3 Å². The summed E-state index contributed by atoms with van der Waals surface area (Å²) >= 11 is 0. The van der Waals surface area contributed by atoms with E-state index in [1.165, 1.54) is 6.42 Å². The van der Waals surface area contributed by atoms with Crippen LogP contribution < -0.4 is 0 Å². The third-order valence-corrected chi connectivity index (χ3v) is 4.56. The Kier molecular flexibility index (Phi) is 5.99. The first kappa shape index (κ1) is 16.5. The molecule has 22 heavy (non-hydrogen) atoms. The molecule has 2 rings (SSSR count). The molecule has 1 aromatic rings. The molecule has 0 aromatic heterocycles. The van der Waals surface area contributed by atoms with Crippen LogP contribution in [-0.2, 0) is 16.0 Å². The minimum absolute atomic E-state index is 0.353. The second-order valence-electron chi connectivity index (χ2n) is 6.00. The summed E-state index contributed by atoms with van der Waals surface area (Å²) in [5.41, 5.74) is 0.730. The molecule has 0 aliphatic heterocycles. The molecule has 0 bridgehead atoms. The van der Waals surface area contributed by atoms with E-state index in [1.807, 2.05) is 37.3 Å². The number of hydrogen-bond acceptors (Lipinski definition) is 3. The van der Waals surface area contributed by atoms with Crippen LogP contribution in [0.2, 0.25) is 0 Å². The third-order valence-electron chi connectivity index (χ3n) is 4.56. The number of nitrogens with zero attached hydrogens (tertiary/aromatic N) is 1. The fourth-order valence-corrected chi connectivity index (χ4v) is 3.05. The van der Waals surface area contributed by atoms with Gasteiger partial charge in [-0.25, -0.2) is 9.69 Å². The van der Waals surface area contributed by atoms with Gasteiger partial charge >= 0.3 is 6.09 Å². The van der Waals surface area contributed by atoms with E-state index in [1.54, 1.807) is 0 Å². The highest BCUT2D eigenvalue weighted by atomic mass is 16.6. The molecule has 1 aromatic carbocycles. The van der Waals surface area contributed by atoms with Crippen LogP contribution in [0.1, 0.15) is 51.0 Å². The number of hydrogen-bond donors (Lipinski definition) is 0. The Hall–Kier alpha value is -1.84. The fourth-order valence-electron chi connectivity index (χ4n) is 3.05. The number of carbonyl (C=O) groups is 2. The fraction of sp³-hybridized carbons (Fsp3) is 0.556. The number of amides is 2. The molecule has 0 atom stereocenters. The van der Waals surface area contributed by atoms with Gasteiger partial charge in [-0.3, -0.25) is 4.79 Å². The summed E-state index contributed by atoms with van der Waals surface area (Å²) in [6.45, 7) is 2.40. The lowest BCUT2D eigenvalue weighted by molar-refractivity contribution is -0.118. The van der Waals surface area contributed by atoms with Crippen molar-refractivity contribution in [3.63, 3.8) is 0 Å². The van der Waals surface area contributed by atoms with Gasteiger partial charge in [0.25, 0.3) is 0 Å². The van der Waals surface area contributed by atoms with E-state index < -0.39 is 6.09 Å². The zero-order chi connectivity index (χ0) is 15.8. The van der Waals surface area contributed by atoms with Crippen LogP contribution in [0.15, 0.2) is 30.3 Å². The summed E-state index contributed by atoms with van der Waals surface area (Å²) in [5, 5.41) is 0. The Morgan fingerprint density at radius 2 is 1.91 bits per heavy atom. The van der Waals surface area contributed by atoms with Crippen LogP contribution >= 0.6 is 0 Å². The van der Waals surface area contributed by atoms with Gasteiger partial charge in [0.2, 0.25) is 6.41 Å². The molecule has 0 spiro atoms. The van der Waals surface area contributed by atoms with Crippen LogP contribution in [0.5, 0.6) is 0 Å². The average Bonchev–Trinajstić information content (AvgIpc) is 2.57. The van der Waals surface area contributed by atoms with Crippen molar-refractivity contribution in [3.05, 3.63) is 35.9 Å². The molecule has 1 aliphatic rings. The van der Waals surface area contributed by atoms with Gasteiger partial charge in [-0.1, -0.05) is 43.7 Å². The molecule has 2 amide bonds. The van der Waals surface area contributed by atoms with Crippen LogP contribution in [0.25, 0.3) is 0 Å². The van der Waals surface area contributed by atoms with Crippen molar-refractivity contribution in [2.75, 3.05) is 6.54 Å². The molecule has 0 N–H and O–H groups in total. The topological polar surface area (TPSA) is 46.6 Å². The summed E-state index contributed by atoms with van der Waals surface area (Å²) in [5.74, 6) is 0. The predicted molar refractivity (Wildman–Crippen MR) is 85.5 cm³/mol. The van der Waals surface area contributed by atoms with Gasteiger partial charge in [-0.05, 0) is 44.1 Å². The Bertz CT molecular complexity index is 480. The van der Waals surface area contributed by atoms with Crippen LogP contribution in [0, 0.1) is 0 Å². The zero-order valence-electron chi connectivity index (χ0n) is 13.3. The van der Waals surface area contributed by atoms with E-state index >= 15 is 0 Å².